The van der Waals surface area contributed by atoms with E-state index in [1.807, 2.05) is 0 Å². The number of hydrogen-bond acceptors (Lipinski definition) is 6. The van der Waals surface area contributed by atoms with Gasteiger partial charge in [-0.25, -0.2) is 8.78 Å². The minimum absolute atomic E-state index is 0.0295. The quantitative estimate of drug-likeness (QED) is 0.857. The Hall–Kier alpha value is -2.39. The van der Waals surface area contributed by atoms with Crippen LogP contribution in [0.3, 0.4) is 0 Å². The first-order chi connectivity index (χ1) is 11.1. The van der Waals surface area contributed by atoms with Gasteiger partial charge in [0.15, 0.2) is 5.82 Å². The summed E-state index contributed by atoms with van der Waals surface area (Å²) in [5, 5.41) is 9.22. The lowest BCUT2D eigenvalue weighted by Crippen LogP contribution is -2.47. The van der Waals surface area contributed by atoms with Gasteiger partial charge in [-0.1, -0.05) is 11.2 Å². The summed E-state index contributed by atoms with van der Waals surface area (Å²) in [7, 11) is 0. The molecule has 7 nitrogen and oxygen atoms in total. The van der Waals surface area contributed by atoms with Crippen molar-refractivity contribution in [2.75, 3.05) is 19.7 Å². The molecule has 1 aromatic heterocycles. The highest BCUT2D eigenvalue weighted by atomic mass is 19.1. The average molecular weight is 324 g/mol. The Morgan fingerprint density at radius 2 is 2.17 bits per heavy atom. The molecule has 122 valence electrons. The van der Waals surface area contributed by atoms with Crippen molar-refractivity contribution < 1.29 is 22.8 Å². The van der Waals surface area contributed by atoms with Crippen molar-refractivity contribution in [3.63, 3.8) is 0 Å². The van der Waals surface area contributed by atoms with Crippen molar-refractivity contribution in [3.05, 3.63) is 35.7 Å². The average Bonchev–Trinajstić information content (AvgIpc) is 3.02. The van der Waals surface area contributed by atoms with Crippen LogP contribution in [0.25, 0.3) is 11.5 Å². The van der Waals surface area contributed by atoms with Crippen LogP contribution in [0.2, 0.25) is 0 Å². The van der Waals surface area contributed by atoms with Crippen molar-refractivity contribution >= 4 is 5.91 Å². The molecular formula is C14H14F2N4O3. The lowest BCUT2D eigenvalue weighted by molar-refractivity contribution is -0.134. The first-order valence-corrected chi connectivity index (χ1v) is 7.02. The smallest absolute Gasteiger partial charge is 0.263 e. The van der Waals surface area contributed by atoms with E-state index in [-0.39, 0.29) is 24.2 Å². The normalized spacial score (nSPS) is 17.9. The van der Waals surface area contributed by atoms with Gasteiger partial charge < -0.3 is 19.9 Å². The maximum Gasteiger partial charge on any atom is 0.263 e. The first kappa shape index (κ1) is 15.5. The number of nitrogens with one attached hydrogen (secondary N) is 2. The fraction of sp³-hybridized carbons (Fsp3) is 0.357. The molecule has 3 rings (SSSR count). The molecule has 2 heterocycles. The van der Waals surface area contributed by atoms with Crippen LogP contribution in [0.1, 0.15) is 5.82 Å². The molecule has 2 N–H and O–H groups in total. The zero-order valence-corrected chi connectivity index (χ0v) is 12.0. The summed E-state index contributed by atoms with van der Waals surface area (Å²) < 4.78 is 37.4. The fourth-order valence-corrected chi connectivity index (χ4v) is 2.14. The Balaban J connectivity index is 1.64. The molecule has 1 saturated heterocycles. The van der Waals surface area contributed by atoms with Gasteiger partial charge in [0.05, 0.1) is 13.2 Å². The monoisotopic (exact) mass is 324 g/mol. The van der Waals surface area contributed by atoms with Crippen molar-refractivity contribution in [1.82, 2.24) is 20.8 Å². The second-order valence-corrected chi connectivity index (χ2v) is 4.89. The molecular weight excluding hydrogens is 310 g/mol. The Morgan fingerprint density at radius 3 is 2.87 bits per heavy atom. The molecule has 2 aromatic rings. The van der Waals surface area contributed by atoms with E-state index < -0.39 is 23.3 Å². The number of amides is 1. The third-order valence-electron chi connectivity index (χ3n) is 3.29. The fourth-order valence-electron chi connectivity index (χ4n) is 2.14. The maximum atomic E-state index is 13.6. The standard InChI is InChI=1S/C14H14F2N4O3/c15-8-2-1-3-9(16)12(8)14-19-11(20-23-14)7-18-13(21)10-6-17-4-5-22-10/h1-3,10,17H,4-7H2,(H,18,21)/t10-/m0/s1. The van der Waals surface area contributed by atoms with Gasteiger partial charge in [-0.2, -0.15) is 4.98 Å². The predicted octanol–water partition coefficient (Wildman–Crippen LogP) is 0.619. The maximum absolute atomic E-state index is 13.6. The molecule has 0 aliphatic carbocycles. The van der Waals surface area contributed by atoms with Crippen LogP contribution >= 0.6 is 0 Å². The number of rotatable bonds is 4. The van der Waals surface area contributed by atoms with Crippen LogP contribution in [0.5, 0.6) is 0 Å². The molecule has 0 bridgehead atoms. The summed E-state index contributed by atoms with van der Waals surface area (Å²) in [6.07, 6.45) is -0.584. The molecule has 1 atom stereocenters. The molecule has 1 aliphatic rings. The number of morpholine rings is 1. The number of carbonyl (C=O) groups is 1. The van der Waals surface area contributed by atoms with E-state index in [1.165, 1.54) is 6.07 Å². The van der Waals surface area contributed by atoms with Gasteiger partial charge in [0.1, 0.15) is 23.3 Å². The summed E-state index contributed by atoms with van der Waals surface area (Å²) in [5.41, 5.74) is -0.391. The minimum Gasteiger partial charge on any atom is -0.366 e. The molecule has 9 heteroatoms. The van der Waals surface area contributed by atoms with Crippen molar-refractivity contribution in [2.24, 2.45) is 0 Å². The Bertz CT molecular complexity index is 681. The Morgan fingerprint density at radius 1 is 1.39 bits per heavy atom. The van der Waals surface area contributed by atoms with Crippen LogP contribution in [0.4, 0.5) is 8.78 Å². The SMILES string of the molecule is O=C(NCc1noc(-c2c(F)cccc2F)n1)[C@@H]1CNCCO1. The lowest BCUT2D eigenvalue weighted by atomic mass is 10.2. The van der Waals surface area contributed by atoms with E-state index in [0.717, 1.165) is 12.1 Å². The molecule has 0 spiro atoms. The lowest BCUT2D eigenvalue weighted by Gasteiger charge is -2.22. The van der Waals surface area contributed by atoms with Crippen LogP contribution in [0.15, 0.2) is 22.7 Å². The summed E-state index contributed by atoms with van der Waals surface area (Å²) in [6.45, 7) is 1.55. The zero-order chi connectivity index (χ0) is 16.2. The van der Waals surface area contributed by atoms with Crippen LogP contribution in [-0.4, -0.2) is 41.8 Å². The third-order valence-corrected chi connectivity index (χ3v) is 3.29. The molecule has 0 unspecified atom stereocenters. The Labute approximate surface area is 130 Å². The van der Waals surface area contributed by atoms with Crippen LogP contribution in [-0.2, 0) is 16.1 Å². The van der Waals surface area contributed by atoms with Crippen LogP contribution in [0, 0.1) is 11.6 Å². The molecule has 1 fully saturated rings. The highest BCUT2D eigenvalue weighted by molar-refractivity contribution is 5.81. The molecule has 1 aliphatic heterocycles. The molecule has 23 heavy (non-hydrogen) atoms. The number of benzene rings is 1. The number of halogens is 2. The van der Waals surface area contributed by atoms with Gasteiger partial charge in [0.2, 0.25) is 0 Å². The van der Waals surface area contributed by atoms with Gasteiger partial charge in [0.25, 0.3) is 11.8 Å². The highest BCUT2D eigenvalue weighted by Gasteiger charge is 2.22. The third kappa shape index (κ3) is 3.51. The molecule has 0 saturated carbocycles. The number of nitrogens with zero attached hydrogens (tertiary/aromatic N) is 2. The highest BCUT2D eigenvalue weighted by Crippen LogP contribution is 2.24. The van der Waals surface area contributed by atoms with Gasteiger partial charge in [0, 0.05) is 13.1 Å². The molecule has 1 aromatic carbocycles. The first-order valence-electron chi connectivity index (χ1n) is 7.02. The van der Waals surface area contributed by atoms with Crippen LogP contribution < -0.4 is 10.6 Å². The van der Waals surface area contributed by atoms with E-state index >= 15 is 0 Å². The van der Waals surface area contributed by atoms with E-state index in [9.17, 15) is 13.6 Å². The number of ether oxygens (including phenoxy) is 1. The summed E-state index contributed by atoms with van der Waals surface area (Å²) >= 11 is 0. The number of carbonyl (C=O) groups excluding carboxylic acids is 1. The summed E-state index contributed by atoms with van der Waals surface area (Å²) in [4.78, 5) is 15.8. The second-order valence-electron chi connectivity index (χ2n) is 4.89. The molecule has 1 amide bonds. The minimum atomic E-state index is -0.800. The van der Waals surface area contributed by atoms with E-state index in [2.05, 4.69) is 20.8 Å². The largest absolute Gasteiger partial charge is 0.366 e. The number of aromatic nitrogens is 2. The second kappa shape index (κ2) is 6.80. The van der Waals surface area contributed by atoms with Gasteiger partial charge >= 0.3 is 0 Å². The van der Waals surface area contributed by atoms with Gasteiger partial charge in [-0.15, -0.1) is 0 Å². The topological polar surface area (TPSA) is 89.3 Å². The van der Waals surface area contributed by atoms with Gasteiger partial charge in [-0.3, -0.25) is 4.79 Å². The predicted molar refractivity (Wildman–Crippen MR) is 74.1 cm³/mol. The number of hydrogen-bond donors (Lipinski definition) is 2. The summed E-state index contributed by atoms with van der Waals surface area (Å²) in [5.74, 6) is -2.09. The van der Waals surface area contributed by atoms with E-state index in [0.29, 0.717) is 19.7 Å². The van der Waals surface area contributed by atoms with Crippen molar-refractivity contribution in [3.8, 4) is 11.5 Å². The van der Waals surface area contributed by atoms with Crippen molar-refractivity contribution in [1.29, 1.82) is 0 Å². The van der Waals surface area contributed by atoms with E-state index in [4.69, 9.17) is 9.26 Å². The van der Waals surface area contributed by atoms with Gasteiger partial charge in [-0.05, 0) is 12.1 Å². The van der Waals surface area contributed by atoms with Crippen molar-refractivity contribution in [2.45, 2.75) is 12.6 Å². The van der Waals surface area contributed by atoms with E-state index in [1.54, 1.807) is 0 Å². The summed E-state index contributed by atoms with van der Waals surface area (Å²) in [6, 6.07) is 3.43. The Kier molecular flexibility index (Phi) is 4.58. The molecule has 0 radical (unpaired) electrons. The zero-order valence-electron chi connectivity index (χ0n) is 12.0.